The lowest BCUT2D eigenvalue weighted by molar-refractivity contribution is 1.06. The number of anilines is 2. The Morgan fingerprint density at radius 2 is 1.00 bits per heavy atom. The number of hydrogen-bond acceptors (Lipinski definition) is 1. The van der Waals surface area contributed by atoms with E-state index < -0.39 is 0 Å². The first-order valence-electron chi connectivity index (χ1n) is 14.7. The fraction of sp³-hybridized carbons (Fsp3) is 0.0732. The predicted molar refractivity (Wildman–Crippen MR) is 180 cm³/mol. The highest BCUT2D eigenvalue weighted by molar-refractivity contribution is 6.21. The van der Waals surface area contributed by atoms with Gasteiger partial charge in [-0.2, -0.15) is 0 Å². The Hall–Kier alpha value is -5.14. The first kappa shape index (κ1) is 24.6. The summed E-state index contributed by atoms with van der Waals surface area (Å²) in [7, 11) is 2.20. The van der Waals surface area contributed by atoms with Crippen LogP contribution in [0, 0.1) is 6.92 Å². The summed E-state index contributed by atoms with van der Waals surface area (Å²) in [5.74, 6) is 0. The van der Waals surface area contributed by atoms with E-state index >= 15 is 0 Å². The van der Waals surface area contributed by atoms with Crippen molar-refractivity contribution < 1.29 is 0 Å². The van der Waals surface area contributed by atoms with E-state index in [4.69, 9.17) is 0 Å². The van der Waals surface area contributed by atoms with Gasteiger partial charge >= 0.3 is 0 Å². The number of fused-ring (bicyclic) bond motifs is 4. The molecular formula is C41H31N. The molecule has 0 spiro atoms. The van der Waals surface area contributed by atoms with Gasteiger partial charge in [0.25, 0.3) is 0 Å². The third-order valence-corrected chi connectivity index (χ3v) is 8.93. The zero-order valence-electron chi connectivity index (χ0n) is 23.9. The molecule has 7 aromatic rings. The maximum atomic E-state index is 2.41. The molecule has 0 aliphatic carbocycles. The van der Waals surface area contributed by atoms with Gasteiger partial charge in [-0.05, 0) is 85.1 Å². The topological polar surface area (TPSA) is 3.24 Å². The van der Waals surface area contributed by atoms with Crippen LogP contribution in [-0.2, 0) is 6.42 Å². The van der Waals surface area contributed by atoms with E-state index in [1.807, 2.05) is 0 Å². The largest absolute Gasteiger partial charge is 0.344 e. The van der Waals surface area contributed by atoms with Gasteiger partial charge in [0.15, 0.2) is 0 Å². The highest BCUT2D eigenvalue weighted by Gasteiger charge is 2.22. The minimum atomic E-state index is 0.967. The zero-order chi connectivity index (χ0) is 28.2. The lowest BCUT2D eigenvalue weighted by atomic mass is 9.84. The van der Waals surface area contributed by atoms with Crippen LogP contribution in [0.5, 0.6) is 0 Å². The summed E-state index contributed by atoms with van der Waals surface area (Å²) in [6.45, 7) is 2.20. The average Bonchev–Trinajstić information content (AvgIpc) is 3.04. The molecule has 0 N–H and O–H groups in total. The molecule has 1 heteroatoms. The van der Waals surface area contributed by atoms with E-state index in [9.17, 15) is 0 Å². The number of rotatable bonds is 3. The van der Waals surface area contributed by atoms with Crippen LogP contribution in [0.15, 0.2) is 140 Å². The minimum Gasteiger partial charge on any atom is -0.344 e. The Labute approximate surface area is 247 Å². The smallest absolute Gasteiger partial charge is 0.0450 e. The summed E-state index contributed by atoms with van der Waals surface area (Å²) in [6.07, 6.45) is 0.967. The number of nitrogens with zero attached hydrogens (tertiary/aromatic N) is 1. The number of benzene rings is 7. The van der Waals surface area contributed by atoms with Crippen LogP contribution < -0.4 is 4.90 Å². The van der Waals surface area contributed by atoms with Gasteiger partial charge in [-0.3, -0.25) is 0 Å². The molecule has 8 rings (SSSR count). The van der Waals surface area contributed by atoms with Gasteiger partial charge in [-0.15, -0.1) is 0 Å². The molecule has 0 aromatic heterocycles. The number of aryl methyl sites for hydroxylation is 1. The predicted octanol–water partition coefficient (Wildman–Crippen LogP) is 11.0. The maximum absolute atomic E-state index is 2.41. The summed E-state index contributed by atoms with van der Waals surface area (Å²) in [5.41, 5.74) is 14.2. The normalized spacial score (nSPS) is 12.4. The van der Waals surface area contributed by atoms with E-state index in [0.717, 1.165) is 6.42 Å². The van der Waals surface area contributed by atoms with E-state index in [1.165, 1.54) is 83.0 Å². The molecule has 0 radical (unpaired) electrons. The van der Waals surface area contributed by atoms with Crippen LogP contribution in [0.4, 0.5) is 11.4 Å². The summed E-state index contributed by atoms with van der Waals surface area (Å²) in [4.78, 5) is 2.36. The van der Waals surface area contributed by atoms with Crippen LogP contribution in [-0.4, -0.2) is 7.05 Å². The van der Waals surface area contributed by atoms with Crippen molar-refractivity contribution in [2.24, 2.45) is 0 Å². The summed E-state index contributed by atoms with van der Waals surface area (Å²) >= 11 is 0. The first-order chi connectivity index (χ1) is 20.7. The molecule has 1 heterocycles. The standard InChI is InChI=1S/C41H31N/c1-27-16-23-36-37(24-27)41(33-22-21-32-25-31-12-6-9-15-38(31)42(2)39(32)26-33)35-14-8-7-13-34(35)40(36)30-19-17-29(18-20-30)28-10-4-3-5-11-28/h3-24,26H,25H2,1-2H3. The highest BCUT2D eigenvalue weighted by Crippen LogP contribution is 2.46. The molecule has 1 nitrogen and oxygen atoms in total. The van der Waals surface area contributed by atoms with Gasteiger partial charge in [0.05, 0.1) is 0 Å². The van der Waals surface area contributed by atoms with Crippen molar-refractivity contribution in [1.82, 2.24) is 0 Å². The monoisotopic (exact) mass is 537 g/mol. The average molecular weight is 538 g/mol. The molecule has 0 unspecified atom stereocenters. The van der Waals surface area contributed by atoms with Gasteiger partial charge in [-0.25, -0.2) is 0 Å². The molecule has 1 aliphatic rings. The second kappa shape index (κ2) is 9.75. The lowest BCUT2D eigenvalue weighted by Gasteiger charge is -2.31. The van der Waals surface area contributed by atoms with E-state index in [1.54, 1.807) is 0 Å². The van der Waals surface area contributed by atoms with E-state index in [2.05, 4.69) is 158 Å². The summed E-state index contributed by atoms with van der Waals surface area (Å²) < 4.78 is 0. The van der Waals surface area contributed by atoms with Crippen LogP contribution in [0.3, 0.4) is 0 Å². The Kier molecular flexibility index (Phi) is 5.72. The summed E-state index contributed by atoms with van der Waals surface area (Å²) in [5, 5.41) is 5.16. The zero-order valence-corrected chi connectivity index (χ0v) is 23.9. The fourth-order valence-corrected chi connectivity index (χ4v) is 6.88. The molecule has 200 valence electrons. The minimum absolute atomic E-state index is 0.967. The second-order valence-electron chi connectivity index (χ2n) is 11.5. The molecule has 0 saturated heterocycles. The van der Waals surface area contributed by atoms with Gasteiger partial charge < -0.3 is 4.90 Å². The SMILES string of the molecule is Cc1ccc2c(-c3ccc(-c4ccccc4)cc3)c3ccccc3c(-c3ccc4c(c3)N(C)c3ccccc3C4)c2c1. The molecule has 0 saturated carbocycles. The fourth-order valence-electron chi connectivity index (χ4n) is 6.88. The number of para-hydroxylation sites is 1. The van der Waals surface area contributed by atoms with Crippen molar-refractivity contribution >= 4 is 32.9 Å². The lowest BCUT2D eigenvalue weighted by Crippen LogP contribution is -2.18. The van der Waals surface area contributed by atoms with Crippen molar-refractivity contribution in [3.63, 3.8) is 0 Å². The molecule has 0 amide bonds. The van der Waals surface area contributed by atoms with Gasteiger partial charge in [0.2, 0.25) is 0 Å². The second-order valence-corrected chi connectivity index (χ2v) is 11.5. The molecule has 0 fully saturated rings. The molecule has 7 aromatic carbocycles. The first-order valence-corrected chi connectivity index (χ1v) is 14.7. The Morgan fingerprint density at radius 1 is 0.429 bits per heavy atom. The van der Waals surface area contributed by atoms with Crippen molar-refractivity contribution in [1.29, 1.82) is 0 Å². The number of hydrogen-bond donors (Lipinski definition) is 0. The Balaban J connectivity index is 1.36. The molecule has 42 heavy (non-hydrogen) atoms. The summed E-state index contributed by atoms with van der Waals surface area (Å²) in [6, 6.07) is 51.4. The van der Waals surface area contributed by atoms with Crippen LogP contribution in [0.25, 0.3) is 54.9 Å². The van der Waals surface area contributed by atoms with Crippen LogP contribution in [0.1, 0.15) is 16.7 Å². The van der Waals surface area contributed by atoms with Crippen LogP contribution >= 0.6 is 0 Å². The van der Waals surface area contributed by atoms with Crippen molar-refractivity contribution in [3.8, 4) is 33.4 Å². The van der Waals surface area contributed by atoms with Crippen molar-refractivity contribution in [2.75, 3.05) is 11.9 Å². The van der Waals surface area contributed by atoms with Gasteiger partial charge in [-0.1, -0.05) is 133 Å². The quantitative estimate of drug-likeness (QED) is 0.203. The van der Waals surface area contributed by atoms with E-state index in [-0.39, 0.29) is 0 Å². The van der Waals surface area contributed by atoms with Gasteiger partial charge in [0.1, 0.15) is 0 Å². The molecule has 0 atom stereocenters. The van der Waals surface area contributed by atoms with Crippen molar-refractivity contribution in [3.05, 3.63) is 156 Å². The third kappa shape index (κ3) is 3.93. The van der Waals surface area contributed by atoms with E-state index in [0.29, 0.717) is 0 Å². The molecular weight excluding hydrogens is 506 g/mol. The Bertz CT molecular complexity index is 2120. The highest BCUT2D eigenvalue weighted by atomic mass is 15.1. The molecule has 1 aliphatic heterocycles. The maximum Gasteiger partial charge on any atom is 0.0450 e. The third-order valence-electron chi connectivity index (χ3n) is 8.93. The molecule has 0 bridgehead atoms. The van der Waals surface area contributed by atoms with Crippen molar-refractivity contribution in [2.45, 2.75) is 13.3 Å². The van der Waals surface area contributed by atoms with Gasteiger partial charge in [0, 0.05) is 24.8 Å². The van der Waals surface area contributed by atoms with Crippen LogP contribution in [0.2, 0.25) is 0 Å². The Morgan fingerprint density at radius 3 is 1.79 bits per heavy atom.